The molecule has 0 saturated heterocycles. The lowest BCUT2D eigenvalue weighted by Gasteiger charge is -2.18. The summed E-state index contributed by atoms with van der Waals surface area (Å²) in [7, 11) is -0.839. The topological polar surface area (TPSA) is 104 Å². The van der Waals surface area contributed by atoms with Crippen LogP contribution in [0.3, 0.4) is 0 Å². The van der Waals surface area contributed by atoms with Crippen LogP contribution in [0.5, 0.6) is 0 Å². The van der Waals surface area contributed by atoms with Gasteiger partial charge in [0.15, 0.2) is 5.71 Å². The average Bonchev–Trinajstić information content (AvgIpc) is 2.96. The smallest absolute Gasteiger partial charge is 0.199 e. The summed E-state index contributed by atoms with van der Waals surface area (Å²) < 4.78 is 42.5. The van der Waals surface area contributed by atoms with Crippen LogP contribution in [0.2, 0.25) is 0 Å². The minimum atomic E-state index is -4.94. The predicted molar refractivity (Wildman–Crippen MR) is 147 cm³/mol. The summed E-state index contributed by atoms with van der Waals surface area (Å²) in [5.74, 6) is 1.70. The van der Waals surface area contributed by atoms with Gasteiger partial charge in [-0.1, -0.05) is 97.1 Å². The Labute approximate surface area is 235 Å². The van der Waals surface area contributed by atoms with E-state index in [-0.39, 0.29) is 0 Å². The van der Waals surface area contributed by atoms with Crippen LogP contribution in [0.1, 0.15) is 11.1 Å². The van der Waals surface area contributed by atoms with Gasteiger partial charge in [-0.25, -0.2) is 23.2 Å². The molecule has 0 amide bonds. The predicted octanol–water partition coefficient (Wildman–Crippen LogP) is 0.740. The van der Waals surface area contributed by atoms with Crippen LogP contribution in [0, 0.1) is 10.2 Å². The number of hydrogen-bond donors (Lipinski definition) is 0. The molecule has 0 aromatic heterocycles. The summed E-state index contributed by atoms with van der Waals surface area (Å²) in [6, 6.07) is 29.2. The molecule has 0 fully saturated rings. The zero-order chi connectivity index (χ0) is 28.5. The zero-order valence-electron chi connectivity index (χ0n) is 22.1. The minimum Gasteiger partial charge on any atom is -0.456 e. The molecule has 3 aromatic rings. The summed E-state index contributed by atoms with van der Waals surface area (Å²) in [5.41, 5.74) is 5.74. The van der Waals surface area contributed by atoms with Gasteiger partial charge in [0.2, 0.25) is 0 Å². The van der Waals surface area contributed by atoms with Crippen LogP contribution >= 0.6 is 0 Å². The van der Waals surface area contributed by atoms with E-state index in [2.05, 4.69) is 128 Å². The number of ether oxygens (including phenoxy) is 1. The monoisotopic (exact) mass is 553 g/mol. The molecule has 3 aromatic carbocycles. The second-order valence-corrected chi connectivity index (χ2v) is 9.88. The van der Waals surface area contributed by atoms with Crippen LogP contribution in [0.4, 0.5) is 0 Å². The number of hydrogen-bond acceptors (Lipinski definition) is 5. The highest BCUT2D eigenvalue weighted by molar-refractivity contribution is 6.02. The van der Waals surface area contributed by atoms with Gasteiger partial charge < -0.3 is 4.74 Å². The number of halogens is 1. The van der Waals surface area contributed by atoms with Crippen molar-refractivity contribution in [3.8, 4) is 0 Å². The lowest BCUT2D eigenvalue weighted by atomic mass is 10.00. The van der Waals surface area contributed by atoms with Crippen molar-refractivity contribution in [2.75, 3.05) is 14.1 Å². The molecule has 0 bridgehead atoms. The zero-order valence-corrected chi connectivity index (χ0v) is 22.8. The fourth-order valence-corrected chi connectivity index (χ4v) is 4.02. The molecule has 1 heterocycles. The lowest BCUT2D eigenvalue weighted by Crippen LogP contribution is -2.68. The summed E-state index contributed by atoms with van der Waals surface area (Å²) in [4.78, 5) is 0. The molecule has 0 saturated carbocycles. The second-order valence-electron chi connectivity index (χ2n) is 9.13. The van der Waals surface area contributed by atoms with Crippen molar-refractivity contribution in [1.29, 1.82) is 0 Å². The Hall–Kier alpha value is -4.30. The van der Waals surface area contributed by atoms with Gasteiger partial charge in [-0.2, -0.15) is 0 Å². The van der Waals surface area contributed by atoms with Crippen molar-refractivity contribution in [2.45, 2.75) is 0 Å². The quantitative estimate of drug-likeness (QED) is 0.445. The first-order chi connectivity index (χ1) is 19.2. The molecule has 0 atom stereocenters. The SMILES string of the molecule is C[N+](C)=C1C=CC(=CC=c2ccc(=C3C=C(c4ccccc4)C=C(c4ccccc4)O3)cc2)C=C1.[O-][Cl+3]([O-])([O-])[O-]. The molecule has 1 aliphatic heterocycles. The van der Waals surface area contributed by atoms with E-state index >= 15 is 0 Å². The highest BCUT2D eigenvalue weighted by Gasteiger charge is 2.14. The molecule has 0 unspecified atom stereocenters. The number of nitrogens with zero attached hydrogens (tertiary/aromatic N) is 1. The highest BCUT2D eigenvalue weighted by Crippen LogP contribution is 2.31. The normalized spacial score (nSPS) is 14.4. The van der Waals surface area contributed by atoms with E-state index in [1.807, 2.05) is 24.3 Å². The highest BCUT2D eigenvalue weighted by atomic mass is 35.7. The van der Waals surface area contributed by atoms with Gasteiger partial charge in [-0.15, -0.1) is 10.2 Å². The number of rotatable bonds is 3. The van der Waals surface area contributed by atoms with Crippen molar-refractivity contribution in [2.24, 2.45) is 0 Å². The molecule has 7 heteroatoms. The first-order valence-electron chi connectivity index (χ1n) is 12.4. The van der Waals surface area contributed by atoms with Crippen LogP contribution < -0.4 is 29.1 Å². The van der Waals surface area contributed by atoms with Crippen molar-refractivity contribution in [1.82, 2.24) is 0 Å². The molecule has 6 nitrogen and oxygen atoms in total. The van der Waals surface area contributed by atoms with E-state index < -0.39 is 10.2 Å². The van der Waals surface area contributed by atoms with Crippen LogP contribution in [-0.2, 0) is 4.74 Å². The van der Waals surface area contributed by atoms with Crippen molar-refractivity contribution in [3.63, 3.8) is 0 Å². The molecule has 2 aliphatic rings. The Morgan fingerprint density at radius 1 is 0.650 bits per heavy atom. The Kier molecular flexibility index (Phi) is 9.45. The van der Waals surface area contributed by atoms with E-state index in [1.54, 1.807) is 0 Å². The average molecular weight is 554 g/mol. The van der Waals surface area contributed by atoms with Crippen molar-refractivity contribution >= 4 is 28.9 Å². The van der Waals surface area contributed by atoms with Gasteiger partial charge in [0.1, 0.15) is 25.6 Å². The van der Waals surface area contributed by atoms with Crippen LogP contribution in [0.25, 0.3) is 23.2 Å². The van der Waals surface area contributed by atoms with E-state index in [0.29, 0.717) is 0 Å². The Morgan fingerprint density at radius 3 is 1.75 bits per heavy atom. The van der Waals surface area contributed by atoms with Gasteiger partial charge in [0.05, 0.1) is 0 Å². The van der Waals surface area contributed by atoms with Gasteiger partial charge in [0, 0.05) is 22.9 Å². The third kappa shape index (κ3) is 8.61. The van der Waals surface area contributed by atoms with E-state index in [1.165, 1.54) is 16.8 Å². The molecular formula is C33H28ClNO5. The first-order valence-corrected chi connectivity index (χ1v) is 13.7. The maximum atomic E-state index is 8.49. The Bertz CT molecular complexity index is 1610. The molecule has 0 N–H and O–H groups in total. The third-order valence-electron chi connectivity index (χ3n) is 6.03. The summed E-state index contributed by atoms with van der Waals surface area (Å²) in [6.45, 7) is 0. The lowest BCUT2D eigenvalue weighted by molar-refractivity contribution is -2.00. The maximum absolute atomic E-state index is 8.49. The van der Waals surface area contributed by atoms with Crippen LogP contribution in [0.15, 0.2) is 133 Å². The number of benzene rings is 3. The van der Waals surface area contributed by atoms with E-state index in [9.17, 15) is 0 Å². The molecular weight excluding hydrogens is 526 g/mol. The van der Waals surface area contributed by atoms with Gasteiger partial charge in [0.25, 0.3) is 0 Å². The first kappa shape index (κ1) is 28.7. The van der Waals surface area contributed by atoms with Crippen molar-refractivity contribution < 1.29 is 38.2 Å². The molecule has 5 rings (SSSR count). The molecule has 40 heavy (non-hydrogen) atoms. The van der Waals surface area contributed by atoms with Crippen molar-refractivity contribution in [3.05, 3.63) is 155 Å². The van der Waals surface area contributed by atoms with Gasteiger partial charge >= 0.3 is 0 Å². The fourth-order valence-electron chi connectivity index (χ4n) is 4.02. The molecule has 1 aliphatic carbocycles. The van der Waals surface area contributed by atoms with Crippen LogP contribution in [-0.4, -0.2) is 24.4 Å². The summed E-state index contributed by atoms with van der Waals surface area (Å²) >= 11 is 0. The summed E-state index contributed by atoms with van der Waals surface area (Å²) in [6.07, 6.45) is 17.1. The third-order valence-corrected chi connectivity index (χ3v) is 6.03. The summed E-state index contributed by atoms with van der Waals surface area (Å²) in [5, 5.41) is 2.19. The molecule has 0 spiro atoms. The number of allylic oxidation sites excluding steroid dienone is 8. The Morgan fingerprint density at radius 2 is 1.20 bits per heavy atom. The van der Waals surface area contributed by atoms with E-state index in [0.717, 1.165) is 33.1 Å². The largest absolute Gasteiger partial charge is 0.456 e. The Balaban J connectivity index is 0.000000681. The van der Waals surface area contributed by atoms with Gasteiger partial charge in [-0.3, -0.25) is 0 Å². The maximum Gasteiger partial charge on any atom is 0.199 e. The molecule has 0 radical (unpaired) electrons. The standard InChI is InChI=1S/C33H28NO.ClHO4/c1-34(2)31-21-17-26(18-22-31)14-13-25-15-19-29(20-16-25)33-24-30(27-9-5-3-6-10-27)23-32(35-33)28-11-7-4-8-12-28;2-1(3,4)5/h3-24H,1-2H3;(H,2,3,4,5)/q+1;/p-1. The second kappa shape index (κ2) is 13.2. The minimum absolute atomic E-state index is 0.847. The van der Waals surface area contributed by atoms with E-state index in [4.69, 9.17) is 23.4 Å². The molecule has 202 valence electrons. The fraction of sp³-hybridized carbons (Fsp3) is 0.0606. The van der Waals surface area contributed by atoms with Gasteiger partial charge in [-0.05, 0) is 46.2 Å².